The number of nitrogens with one attached hydrogen (secondary N) is 1. The Bertz CT molecular complexity index is 383. The van der Waals surface area contributed by atoms with Gasteiger partial charge in [-0.05, 0) is 24.6 Å². The Morgan fingerprint density at radius 3 is 2.71 bits per heavy atom. The van der Waals surface area contributed by atoms with Gasteiger partial charge in [0.25, 0.3) is 0 Å². The maximum atomic E-state index is 7.29. The SMILES string of the molecule is CCCOCCOc1ccc(C(=N)N)c(Cl)c1. The van der Waals surface area contributed by atoms with Crippen LogP contribution >= 0.6 is 11.6 Å². The molecule has 94 valence electrons. The largest absolute Gasteiger partial charge is 0.491 e. The molecule has 0 saturated carbocycles. The molecule has 5 heteroatoms. The fourth-order valence-electron chi connectivity index (χ4n) is 1.27. The molecule has 0 aliphatic heterocycles. The minimum atomic E-state index is -0.0483. The average molecular weight is 257 g/mol. The predicted molar refractivity (Wildman–Crippen MR) is 69.1 cm³/mol. The first-order chi connectivity index (χ1) is 8.15. The Kier molecular flexibility index (Phi) is 5.80. The molecule has 0 atom stereocenters. The molecule has 17 heavy (non-hydrogen) atoms. The van der Waals surface area contributed by atoms with Crippen molar-refractivity contribution in [2.24, 2.45) is 5.73 Å². The van der Waals surface area contributed by atoms with Gasteiger partial charge in [-0.1, -0.05) is 18.5 Å². The highest BCUT2D eigenvalue weighted by Crippen LogP contribution is 2.22. The zero-order chi connectivity index (χ0) is 12.7. The molecular formula is C12H17ClN2O2. The fourth-order valence-corrected chi connectivity index (χ4v) is 1.54. The first-order valence-electron chi connectivity index (χ1n) is 5.49. The van der Waals surface area contributed by atoms with E-state index in [1.54, 1.807) is 18.2 Å². The second-order valence-corrected chi connectivity index (χ2v) is 3.92. The summed E-state index contributed by atoms with van der Waals surface area (Å²) in [6.07, 6.45) is 0.999. The zero-order valence-corrected chi connectivity index (χ0v) is 10.6. The lowest BCUT2D eigenvalue weighted by atomic mass is 10.2. The zero-order valence-electron chi connectivity index (χ0n) is 9.83. The molecule has 1 aromatic rings. The number of rotatable bonds is 7. The second-order valence-electron chi connectivity index (χ2n) is 3.52. The summed E-state index contributed by atoms with van der Waals surface area (Å²) in [6, 6.07) is 5.06. The van der Waals surface area contributed by atoms with Gasteiger partial charge in [-0.25, -0.2) is 0 Å². The maximum Gasteiger partial charge on any atom is 0.124 e. The molecule has 0 heterocycles. The summed E-state index contributed by atoms with van der Waals surface area (Å²) in [5.41, 5.74) is 5.87. The molecule has 0 fully saturated rings. The van der Waals surface area contributed by atoms with Crippen molar-refractivity contribution in [1.82, 2.24) is 0 Å². The normalized spacial score (nSPS) is 10.2. The minimum Gasteiger partial charge on any atom is -0.491 e. The van der Waals surface area contributed by atoms with Gasteiger partial charge in [0.2, 0.25) is 0 Å². The summed E-state index contributed by atoms with van der Waals surface area (Å²) in [7, 11) is 0. The highest BCUT2D eigenvalue weighted by Gasteiger charge is 2.04. The summed E-state index contributed by atoms with van der Waals surface area (Å²) in [5, 5.41) is 7.71. The van der Waals surface area contributed by atoms with E-state index in [0.717, 1.165) is 13.0 Å². The molecule has 0 aliphatic carbocycles. The Morgan fingerprint density at radius 1 is 1.35 bits per heavy atom. The second kappa shape index (κ2) is 7.14. The summed E-state index contributed by atoms with van der Waals surface area (Å²) in [6.45, 7) is 3.84. The van der Waals surface area contributed by atoms with Gasteiger partial charge >= 0.3 is 0 Å². The summed E-state index contributed by atoms with van der Waals surface area (Å²) >= 11 is 5.95. The number of benzene rings is 1. The summed E-state index contributed by atoms with van der Waals surface area (Å²) in [5.74, 6) is 0.605. The molecule has 0 saturated heterocycles. The van der Waals surface area contributed by atoms with Gasteiger partial charge in [0.05, 0.1) is 11.6 Å². The lowest BCUT2D eigenvalue weighted by molar-refractivity contribution is 0.101. The number of nitrogens with two attached hydrogens (primary N) is 1. The van der Waals surface area contributed by atoms with E-state index in [0.29, 0.717) is 29.5 Å². The van der Waals surface area contributed by atoms with Crippen LogP contribution in [0.4, 0.5) is 0 Å². The van der Waals surface area contributed by atoms with Crippen LogP contribution in [0.25, 0.3) is 0 Å². The third-order valence-corrected chi connectivity index (χ3v) is 2.39. The molecule has 3 N–H and O–H groups in total. The van der Waals surface area contributed by atoms with Crippen molar-refractivity contribution in [3.05, 3.63) is 28.8 Å². The van der Waals surface area contributed by atoms with Crippen molar-refractivity contribution in [1.29, 1.82) is 5.41 Å². The Labute approximate surface area is 106 Å². The van der Waals surface area contributed by atoms with Crippen LogP contribution in [0.15, 0.2) is 18.2 Å². The van der Waals surface area contributed by atoms with Crippen LogP contribution in [0.2, 0.25) is 5.02 Å². The van der Waals surface area contributed by atoms with Gasteiger partial charge in [-0.2, -0.15) is 0 Å². The number of amidine groups is 1. The van der Waals surface area contributed by atoms with E-state index < -0.39 is 0 Å². The molecule has 0 bridgehead atoms. The highest BCUT2D eigenvalue weighted by molar-refractivity contribution is 6.34. The van der Waals surface area contributed by atoms with Crippen LogP contribution in [-0.2, 0) is 4.74 Å². The van der Waals surface area contributed by atoms with Gasteiger partial charge in [0, 0.05) is 12.2 Å². The molecule has 1 aromatic carbocycles. The third-order valence-electron chi connectivity index (χ3n) is 2.08. The average Bonchev–Trinajstić information content (AvgIpc) is 2.28. The minimum absolute atomic E-state index is 0.0483. The van der Waals surface area contributed by atoms with Gasteiger partial charge in [-0.3, -0.25) is 5.41 Å². The fraction of sp³-hybridized carbons (Fsp3) is 0.417. The summed E-state index contributed by atoms with van der Waals surface area (Å²) < 4.78 is 10.7. The number of hydrogen-bond acceptors (Lipinski definition) is 3. The molecule has 4 nitrogen and oxygen atoms in total. The van der Waals surface area contributed by atoms with Crippen LogP contribution < -0.4 is 10.5 Å². The van der Waals surface area contributed by atoms with E-state index in [2.05, 4.69) is 6.92 Å². The van der Waals surface area contributed by atoms with Gasteiger partial charge in [0.15, 0.2) is 0 Å². The maximum absolute atomic E-state index is 7.29. The molecule has 1 rings (SSSR count). The molecular weight excluding hydrogens is 240 g/mol. The molecule has 0 radical (unpaired) electrons. The molecule has 0 spiro atoms. The van der Waals surface area contributed by atoms with Crippen LogP contribution in [0.1, 0.15) is 18.9 Å². The molecule has 0 aromatic heterocycles. The van der Waals surface area contributed by atoms with Crippen LogP contribution in [0, 0.1) is 5.41 Å². The van der Waals surface area contributed by atoms with Crippen molar-refractivity contribution in [3.63, 3.8) is 0 Å². The van der Waals surface area contributed by atoms with E-state index in [1.807, 2.05) is 0 Å². The Balaban J connectivity index is 2.45. The van der Waals surface area contributed by atoms with E-state index in [9.17, 15) is 0 Å². The molecule has 0 amide bonds. The number of nitrogen functional groups attached to an aromatic ring is 1. The quantitative estimate of drug-likeness (QED) is 0.447. The van der Waals surface area contributed by atoms with E-state index in [1.165, 1.54) is 0 Å². The number of halogens is 1. The van der Waals surface area contributed by atoms with Crippen LogP contribution in [0.3, 0.4) is 0 Å². The van der Waals surface area contributed by atoms with Crippen LogP contribution in [-0.4, -0.2) is 25.7 Å². The smallest absolute Gasteiger partial charge is 0.124 e. The van der Waals surface area contributed by atoms with Crippen molar-refractivity contribution in [3.8, 4) is 5.75 Å². The van der Waals surface area contributed by atoms with Gasteiger partial charge in [-0.15, -0.1) is 0 Å². The lowest BCUT2D eigenvalue weighted by Crippen LogP contribution is -2.12. The lowest BCUT2D eigenvalue weighted by Gasteiger charge is -2.08. The van der Waals surface area contributed by atoms with Crippen LogP contribution in [0.5, 0.6) is 5.75 Å². The monoisotopic (exact) mass is 256 g/mol. The van der Waals surface area contributed by atoms with Gasteiger partial charge in [0.1, 0.15) is 18.2 Å². The highest BCUT2D eigenvalue weighted by atomic mass is 35.5. The Morgan fingerprint density at radius 2 is 2.12 bits per heavy atom. The van der Waals surface area contributed by atoms with Crippen molar-refractivity contribution >= 4 is 17.4 Å². The van der Waals surface area contributed by atoms with Crippen molar-refractivity contribution in [2.75, 3.05) is 19.8 Å². The van der Waals surface area contributed by atoms with E-state index in [4.69, 9.17) is 32.2 Å². The number of ether oxygens (including phenoxy) is 2. The summed E-state index contributed by atoms with van der Waals surface area (Å²) in [4.78, 5) is 0. The van der Waals surface area contributed by atoms with Crippen molar-refractivity contribution < 1.29 is 9.47 Å². The standard InChI is InChI=1S/C12H17ClN2O2/c1-2-5-16-6-7-17-9-3-4-10(12(14)15)11(13)8-9/h3-4,8H,2,5-7H2,1H3,(H3,14,15). The molecule has 0 aliphatic rings. The van der Waals surface area contributed by atoms with Gasteiger partial charge < -0.3 is 15.2 Å². The third kappa shape index (κ3) is 4.63. The predicted octanol–water partition coefficient (Wildman–Crippen LogP) is 2.43. The first kappa shape index (κ1) is 13.8. The number of hydrogen-bond donors (Lipinski definition) is 2. The topological polar surface area (TPSA) is 68.3 Å². The Hall–Kier alpha value is -1.26. The van der Waals surface area contributed by atoms with E-state index >= 15 is 0 Å². The van der Waals surface area contributed by atoms with E-state index in [-0.39, 0.29) is 5.84 Å². The molecule has 0 unspecified atom stereocenters. The van der Waals surface area contributed by atoms with Crippen molar-refractivity contribution in [2.45, 2.75) is 13.3 Å². The first-order valence-corrected chi connectivity index (χ1v) is 5.87.